The quantitative estimate of drug-likeness (QED) is 0.619. The van der Waals surface area contributed by atoms with Gasteiger partial charge in [-0.05, 0) is 18.1 Å². The third-order valence-corrected chi connectivity index (χ3v) is 2.58. The van der Waals surface area contributed by atoms with Crippen LogP contribution in [0.5, 0.6) is 5.75 Å². The van der Waals surface area contributed by atoms with Crippen LogP contribution in [0.15, 0.2) is 23.3 Å². The fourth-order valence-corrected chi connectivity index (χ4v) is 1.63. The van der Waals surface area contributed by atoms with E-state index in [2.05, 4.69) is 15.8 Å². The van der Waals surface area contributed by atoms with Gasteiger partial charge in [0.15, 0.2) is 0 Å². The molecule has 7 nitrogen and oxygen atoms in total. The van der Waals surface area contributed by atoms with Crippen molar-refractivity contribution in [2.75, 3.05) is 17.9 Å². The zero-order valence-electron chi connectivity index (χ0n) is 12.7. The monoisotopic (exact) mass is 299 g/mol. The molecule has 0 fully saturated rings. The number of ether oxygens (including phenoxy) is 1. The molecule has 0 radical (unpaired) electrons. The zero-order chi connectivity index (χ0) is 16.5. The van der Waals surface area contributed by atoms with Gasteiger partial charge in [-0.25, -0.2) is 0 Å². The minimum Gasteiger partial charge on any atom is -0.494 e. The summed E-state index contributed by atoms with van der Waals surface area (Å²) in [4.78, 5) is 11.8. The summed E-state index contributed by atoms with van der Waals surface area (Å²) in [6, 6.07) is 8.22. The minimum absolute atomic E-state index is 0.0942. The maximum atomic E-state index is 11.8. The number of nitrogens with one attached hydrogen (secondary N) is 2. The highest BCUT2D eigenvalue weighted by atomic mass is 16.5. The molecule has 0 bridgehead atoms. The molecule has 0 aliphatic heterocycles. The topological polar surface area (TPSA) is 110 Å². The first kappa shape index (κ1) is 17.0. The van der Waals surface area contributed by atoms with Gasteiger partial charge in [-0.15, -0.1) is 0 Å². The van der Waals surface area contributed by atoms with Crippen molar-refractivity contribution in [3.63, 3.8) is 0 Å². The third kappa shape index (κ3) is 5.14. The highest BCUT2D eigenvalue weighted by Gasteiger charge is 2.10. The van der Waals surface area contributed by atoms with Gasteiger partial charge in [-0.2, -0.15) is 15.6 Å². The van der Waals surface area contributed by atoms with Crippen molar-refractivity contribution in [2.45, 2.75) is 20.3 Å². The molecule has 0 aliphatic rings. The summed E-state index contributed by atoms with van der Waals surface area (Å²) >= 11 is 0. The largest absolute Gasteiger partial charge is 0.494 e. The van der Waals surface area contributed by atoms with Gasteiger partial charge >= 0.3 is 0 Å². The van der Waals surface area contributed by atoms with Crippen LogP contribution in [-0.2, 0) is 4.79 Å². The molecule has 2 N–H and O–H groups in total. The minimum atomic E-state index is -0.284. The zero-order valence-corrected chi connectivity index (χ0v) is 12.7. The number of carbonyl (C=O) groups excluding carboxylic acids is 1. The van der Waals surface area contributed by atoms with E-state index >= 15 is 0 Å². The smallest absolute Gasteiger partial charge is 0.237 e. The molecule has 0 unspecified atom stereocenters. The third-order valence-electron chi connectivity index (χ3n) is 2.58. The number of nitrogens with zero attached hydrogens (tertiary/aromatic N) is 3. The van der Waals surface area contributed by atoms with E-state index in [1.807, 2.05) is 13.8 Å². The van der Waals surface area contributed by atoms with Gasteiger partial charge < -0.3 is 10.1 Å². The second-order valence-corrected chi connectivity index (χ2v) is 4.86. The number of carbonyl (C=O) groups is 1. The molecule has 0 aromatic heterocycles. The lowest BCUT2D eigenvalue weighted by atomic mass is 10.1. The molecule has 114 valence electrons. The Morgan fingerprint density at radius 3 is 2.59 bits per heavy atom. The van der Waals surface area contributed by atoms with E-state index in [4.69, 9.17) is 15.3 Å². The molecule has 0 heterocycles. The van der Waals surface area contributed by atoms with Crippen molar-refractivity contribution in [1.29, 1.82) is 10.5 Å². The number of benzene rings is 1. The second-order valence-electron chi connectivity index (χ2n) is 4.86. The number of hydrogen-bond acceptors (Lipinski definition) is 6. The number of methoxy groups -OCH3 is 1. The Kier molecular flexibility index (Phi) is 6.39. The fourth-order valence-electron chi connectivity index (χ4n) is 1.63. The van der Waals surface area contributed by atoms with Crippen LogP contribution in [0.25, 0.3) is 0 Å². The van der Waals surface area contributed by atoms with Gasteiger partial charge in [0, 0.05) is 12.5 Å². The van der Waals surface area contributed by atoms with E-state index in [9.17, 15) is 4.79 Å². The van der Waals surface area contributed by atoms with Crippen molar-refractivity contribution >= 4 is 23.0 Å². The van der Waals surface area contributed by atoms with Crippen LogP contribution in [0.4, 0.5) is 11.4 Å². The van der Waals surface area contributed by atoms with Crippen molar-refractivity contribution in [3.05, 3.63) is 18.2 Å². The first-order valence-corrected chi connectivity index (χ1v) is 6.62. The fraction of sp³-hybridized carbons (Fsp3) is 0.333. The molecule has 0 aliphatic carbocycles. The average Bonchev–Trinajstić information content (AvgIpc) is 2.48. The van der Waals surface area contributed by atoms with Gasteiger partial charge in [-0.1, -0.05) is 13.8 Å². The van der Waals surface area contributed by atoms with Crippen LogP contribution in [0.2, 0.25) is 0 Å². The Hall–Kier alpha value is -3.06. The van der Waals surface area contributed by atoms with Crippen molar-refractivity contribution in [3.8, 4) is 17.9 Å². The first-order valence-electron chi connectivity index (χ1n) is 6.62. The summed E-state index contributed by atoms with van der Waals surface area (Å²) in [6.07, 6.45) is 0.418. The molecule has 0 saturated carbocycles. The number of hydrogen-bond donors (Lipinski definition) is 2. The van der Waals surface area contributed by atoms with Crippen molar-refractivity contribution in [2.24, 2.45) is 11.0 Å². The summed E-state index contributed by atoms with van der Waals surface area (Å²) in [5, 5.41) is 23.6. The summed E-state index contributed by atoms with van der Waals surface area (Å²) in [5.74, 6) is 0.618. The van der Waals surface area contributed by atoms with Gasteiger partial charge in [0.1, 0.15) is 17.9 Å². The first-order chi connectivity index (χ1) is 10.5. The van der Waals surface area contributed by atoms with E-state index < -0.39 is 0 Å². The maximum absolute atomic E-state index is 11.8. The van der Waals surface area contributed by atoms with E-state index in [1.54, 1.807) is 30.3 Å². The number of amides is 1. The normalized spacial score (nSPS) is 9.36. The molecule has 0 saturated heterocycles. The van der Waals surface area contributed by atoms with Crippen molar-refractivity contribution in [1.82, 2.24) is 0 Å². The lowest BCUT2D eigenvalue weighted by molar-refractivity contribution is -0.116. The van der Waals surface area contributed by atoms with E-state index in [-0.39, 0.29) is 17.5 Å². The summed E-state index contributed by atoms with van der Waals surface area (Å²) in [7, 11) is 1.48. The Bertz CT molecular complexity index is 637. The van der Waals surface area contributed by atoms with Crippen LogP contribution < -0.4 is 15.5 Å². The molecule has 1 rings (SSSR count). The number of anilines is 2. The predicted octanol–water partition coefficient (Wildman–Crippen LogP) is 2.49. The average molecular weight is 299 g/mol. The molecule has 1 amide bonds. The Labute approximate surface area is 129 Å². The lowest BCUT2D eigenvalue weighted by Crippen LogP contribution is -2.14. The van der Waals surface area contributed by atoms with Crippen LogP contribution in [-0.4, -0.2) is 18.7 Å². The molecular formula is C15H17N5O2. The van der Waals surface area contributed by atoms with Gasteiger partial charge in [0.2, 0.25) is 11.6 Å². The lowest BCUT2D eigenvalue weighted by Gasteiger charge is -2.12. The van der Waals surface area contributed by atoms with E-state index in [1.165, 1.54) is 7.11 Å². The number of nitriles is 2. The second kappa shape index (κ2) is 8.28. The molecule has 22 heavy (non-hydrogen) atoms. The summed E-state index contributed by atoms with van der Waals surface area (Å²) < 4.78 is 5.22. The summed E-state index contributed by atoms with van der Waals surface area (Å²) in [6.45, 7) is 3.92. The highest BCUT2D eigenvalue weighted by molar-refractivity contribution is 6.10. The molecule has 1 aromatic carbocycles. The SMILES string of the molecule is COc1cc(NN=C(C#N)C#N)ccc1NC(=O)CC(C)C. The van der Waals surface area contributed by atoms with Crippen LogP contribution >= 0.6 is 0 Å². The number of rotatable bonds is 6. The Balaban J connectivity index is 2.88. The van der Waals surface area contributed by atoms with Gasteiger partial charge in [-0.3, -0.25) is 10.2 Å². The van der Waals surface area contributed by atoms with E-state index in [0.29, 0.717) is 23.5 Å². The maximum Gasteiger partial charge on any atom is 0.237 e. The van der Waals surface area contributed by atoms with E-state index in [0.717, 1.165) is 0 Å². The van der Waals surface area contributed by atoms with Gasteiger partial charge in [0.05, 0.1) is 18.5 Å². The van der Waals surface area contributed by atoms with Crippen LogP contribution in [0.1, 0.15) is 20.3 Å². The standard InChI is InChI=1S/C15H17N5O2/c1-10(2)6-15(21)18-13-5-4-11(7-14(13)22-3)19-20-12(8-16)9-17/h4-5,7,10,19H,6H2,1-3H3,(H,18,21). The van der Waals surface area contributed by atoms with Crippen LogP contribution in [0.3, 0.4) is 0 Å². The molecule has 0 atom stereocenters. The van der Waals surface area contributed by atoms with Crippen LogP contribution in [0, 0.1) is 28.6 Å². The van der Waals surface area contributed by atoms with Crippen molar-refractivity contribution < 1.29 is 9.53 Å². The molecule has 0 spiro atoms. The molecular weight excluding hydrogens is 282 g/mol. The molecule has 7 heteroatoms. The Morgan fingerprint density at radius 2 is 2.05 bits per heavy atom. The summed E-state index contributed by atoms with van der Waals surface area (Å²) in [5.41, 5.74) is 3.37. The van der Waals surface area contributed by atoms with Gasteiger partial charge in [0.25, 0.3) is 0 Å². The Morgan fingerprint density at radius 1 is 1.36 bits per heavy atom. The highest BCUT2D eigenvalue weighted by Crippen LogP contribution is 2.28. The molecule has 1 aromatic rings. The predicted molar refractivity (Wildman–Crippen MR) is 83.4 cm³/mol. The number of hydrazone groups is 1.